The van der Waals surface area contributed by atoms with Gasteiger partial charge >= 0.3 is 119 Å². The van der Waals surface area contributed by atoms with Crippen LogP contribution in [0.3, 0.4) is 0 Å². The molecule has 8 heavy (non-hydrogen) atoms. The third kappa shape index (κ3) is 73.4. The Balaban J connectivity index is -0.0000000160. The summed E-state index contributed by atoms with van der Waals surface area (Å²) in [5.41, 5.74) is 0. The molecule has 0 heterocycles. The molecule has 0 unspecified atom stereocenters. The van der Waals surface area contributed by atoms with Gasteiger partial charge in [-0.1, -0.05) is 0 Å². The van der Waals surface area contributed by atoms with E-state index in [9.17, 15) is 0 Å². The summed E-state index contributed by atoms with van der Waals surface area (Å²) >= 11 is -3.00. The average molecular weight is 286 g/mol. The summed E-state index contributed by atoms with van der Waals surface area (Å²) in [6.45, 7) is 0. The van der Waals surface area contributed by atoms with Crippen LogP contribution in [0.2, 0.25) is 0 Å². The first-order valence-electron chi connectivity index (χ1n) is 0.988. The molecular formula is H6Al2BaMgO4. The van der Waals surface area contributed by atoms with E-state index in [2.05, 4.69) is 0 Å². The van der Waals surface area contributed by atoms with Crippen LogP contribution >= 0.6 is 0 Å². The van der Waals surface area contributed by atoms with Gasteiger partial charge in [-0.2, -0.15) is 0 Å². The molecule has 0 saturated carbocycles. The van der Waals surface area contributed by atoms with E-state index in [0.29, 0.717) is 0 Å². The van der Waals surface area contributed by atoms with Gasteiger partial charge in [-0.25, -0.2) is 0 Å². The monoisotopic (exact) mass is 286 g/mol. The Bertz CT molecular complexity index is 35.0. The van der Waals surface area contributed by atoms with Crippen LogP contribution in [0.25, 0.3) is 0 Å². The second-order valence-electron chi connectivity index (χ2n) is 0.211. The Hall–Kier alpha value is 2.60. The fourth-order valence-electron chi connectivity index (χ4n) is 0. The van der Waals surface area contributed by atoms with Crippen molar-refractivity contribution in [3.8, 4) is 0 Å². The summed E-state index contributed by atoms with van der Waals surface area (Å²) in [7, 11) is 0. The molecule has 0 aromatic carbocycles. The van der Waals surface area contributed by atoms with Crippen LogP contribution in [0, 0.1) is 0 Å². The topological polar surface area (TPSA) is 74.6 Å². The predicted molar refractivity (Wildman–Crippen MR) is 34.4 cm³/mol. The zero-order valence-corrected chi connectivity index (χ0v) is 5.18. The second-order valence-corrected chi connectivity index (χ2v) is 0.632. The van der Waals surface area contributed by atoms with Gasteiger partial charge in [-0.15, -0.1) is 0 Å². The molecular weight excluding hydrogens is 280 g/mol. The summed E-state index contributed by atoms with van der Waals surface area (Å²) in [5, 5.41) is 0. The second kappa shape index (κ2) is 33.5. The molecule has 8 heteroatoms. The van der Waals surface area contributed by atoms with Crippen molar-refractivity contribution >= 4 is 103 Å². The Morgan fingerprint density at radius 1 is 1.00 bits per heavy atom. The van der Waals surface area contributed by atoms with E-state index in [4.69, 9.17) is 15.9 Å². The molecule has 0 atom stereocenters. The standard InChI is InChI=1S/2Al.Ba.Mg.2H2O.2O.4H/h;;;;2*1H2;;;;;;/q2*+1;;;;;;;;;;/p-2. The molecule has 0 aliphatic heterocycles. The Labute approximate surface area is 116 Å². The van der Waals surface area contributed by atoms with Crippen LogP contribution < -0.4 is 0 Å². The molecule has 0 saturated heterocycles. The van der Waals surface area contributed by atoms with E-state index in [1.165, 1.54) is 0 Å². The zero-order valence-electron chi connectivity index (χ0n) is 2.87. The zero-order chi connectivity index (χ0) is 5.41. The van der Waals surface area contributed by atoms with Crippen molar-refractivity contribution in [1.82, 2.24) is 0 Å². The van der Waals surface area contributed by atoms with Crippen LogP contribution in [-0.2, 0) is 7.61 Å². The van der Waals surface area contributed by atoms with E-state index >= 15 is 0 Å². The van der Waals surface area contributed by atoms with Crippen LogP contribution in [0.1, 0.15) is 0 Å². The van der Waals surface area contributed by atoms with Gasteiger partial charge in [0.2, 0.25) is 0 Å². The Morgan fingerprint density at radius 2 is 1.00 bits per heavy atom. The fraction of sp³-hybridized carbons (Fsp3) is 0. The molecule has 0 amide bonds. The van der Waals surface area contributed by atoms with E-state index in [0.717, 1.165) is 0 Å². The SMILES string of the molecule is [BaH2].[MgH2].[O]=[Al][OH].[O]=[Al][OH]. The molecule has 0 aromatic heterocycles. The summed E-state index contributed by atoms with van der Waals surface area (Å²) in [6.07, 6.45) is 0. The molecule has 40 valence electrons. The fourth-order valence-corrected chi connectivity index (χ4v) is 0. The molecule has 0 aliphatic carbocycles. The van der Waals surface area contributed by atoms with Crippen LogP contribution in [-0.4, -0.2) is 111 Å². The Kier molecular flexibility index (Phi) is 94.0. The van der Waals surface area contributed by atoms with Gasteiger partial charge in [0.15, 0.2) is 0 Å². The van der Waals surface area contributed by atoms with Crippen LogP contribution in [0.4, 0.5) is 0 Å². The van der Waals surface area contributed by atoms with Gasteiger partial charge < -0.3 is 0 Å². The molecule has 0 fully saturated rings. The van der Waals surface area contributed by atoms with E-state index < -0.39 is 31.0 Å². The summed E-state index contributed by atoms with van der Waals surface area (Å²) < 4.78 is 31.3. The quantitative estimate of drug-likeness (QED) is 0.446. The van der Waals surface area contributed by atoms with Gasteiger partial charge in [0.05, 0.1) is 0 Å². The van der Waals surface area contributed by atoms with Crippen molar-refractivity contribution in [2.45, 2.75) is 0 Å². The molecule has 0 radical (unpaired) electrons. The molecule has 0 aromatic rings. The summed E-state index contributed by atoms with van der Waals surface area (Å²) in [4.78, 5) is 0. The summed E-state index contributed by atoms with van der Waals surface area (Å²) in [5.74, 6) is 0. The van der Waals surface area contributed by atoms with Crippen LogP contribution in [0.5, 0.6) is 0 Å². The first-order valence-corrected chi connectivity index (χ1v) is 2.96. The Morgan fingerprint density at radius 3 is 1.00 bits per heavy atom. The third-order valence-corrected chi connectivity index (χ3v) is 0. The van der Waals surface area contributed by atoms with Crippen molar-refractivity contribution in [2.75, 3.05) is 0 Å². The van der Waals surface area contributed by atoms with Crippen molar-refractivity contribution in [1.29, 1.82) is 0 Å². The first-order chi connectivity index (χ1) is 2.83. The number of hydrogen-bond acceptors (Lipinski definition) is 2. The number of rotatable bonds is 0. The average Bonchev–Trinajstić information content (AvgIpc) is 1.39. The van der Waals surface area contributed by atoms with Crippen molar-refractivity contribution in [3.63, 3.8) is 0 Å². The normalized spacial score (nSPS) is 2.00. The van der Waals surface area contributed by atoms with Crippen LogP contribution in [0.15, 0.2) is 0 Å². The van der Waals surface area contributed by atoms with Gasteiger partial charge in [-0.05, 0) is 0 Å². The van der Waals surface area contributed by atoms with Gasteiger partial charge in [0.25, 0.3) is 0 Å². The van der Waals surface area contributed by atoms with Gasteiger partial charge in [-0.3, -0.25) is 0 Å². The predicted octanol–water partition coefficient (Wildman–Crippen LogP) is -3.95. The van der Waals surface area contributed by atoms with Crippen molar-refractivity contribution in [2.24, 2.45) is 0 Å². The molecule has 4 nitrogen and oxygen atoms in total. The maximum atomic E-state index is 8.57. The van der Waals surface area contributed by atoms with E-state index in [1.807, 2.05) is 0 Å². The molecule has 0 spiro atoms. The molecule has 2 N–H and O–H groups in total. The minimum atomic E-state index is -1.50. The summed E-state index contributed by atoms with van der Waals surface area (Å²) in [6, 6.07) is 0. The van der Waals surface area contributed by atoms with E-state index in [-0.39, 0.29) is 71.9 Å². The third-order valence-electron chi connectivity index (χ3n) is 0. The molecule has 0 aliphatic rings. The number of hydrogen-bond donors (Lipinski definition) is 2. The molecule has 0 rings (SSSR count). The minimum absolute atomic E-state index is 0. The van der Waals surface area contributed by atoms with E-state index in [1.54, 1.807) is 0 Å². The van der Waals surface area contributed by atoms with Gasteiger partial charge in [0, 0.05) is 0 Å². The van der Waals surface area contributed by atoms with Gasteiger partial charge in [0.1, 0.15) is 0 Å². The van der Waals surface area contributed by atoms with Crippen molar-refractivity contribution < 1.29 is 15.9 Å². The molecule has 0 bridgehead atoms. The maximum absolute atomic E-state index is 8.57. The first kappa shape index (κ1) is 22.4. The van der Waals surface area contributed by atoms with Crippen molar-refractivity contribution in [3.05, 3.63) is 0 Å².